The zero-order valence-corrected chi connectivity index (χ0v) is 60.0. The molecule has 10 heterocycles. The molecule has 0 bridgehead atoms. The van der Waals surface area contributed by atoms with E-state index in [-0.39, 0.29) is 47.8 Å². The standard InChI is InChI=1S/C26H31N7O.C24H27N7.C8H18O2Si.C4H6O4.C2H3BO2.ClHN4.Na/c1-17-2-4-20(5-3-17)33-23-15-27-8-6-21(23)22-14-29-26(31-25(22)33)30-24-12-19-16-32(10-11-34)9-7-18(19)13-28-24;1-15-2-4-18(5-3-15)31-21-14-26-9-7-19(21)20-13-28-24(30-23(20)31)29-22-10-17-11-25-8-6-16(17)12-27-22;1-8(2,3)11(4,5)10-7-6-9;1-3(5)7-8-4(2)6;1-2(4)5-3;1-3-5-4-2;/h6,8,12-15,17,20,34H,2-5,7,9-11,16H2,1H3,(H,28,29,30,31);7,9-10,12-15,18,25H,2-6,8,11H2,1H3,(H,27,28,29,30);6H,7H2,1-5H3;1-2H3;1H3;2H;/q;;;;-1;;+1. The van der Waals surface area contributed by atoms with Crippen LogP contribution in [0.3, 0.4) is 0 Å². The van der Waals surface area contributed by atoms with E-state index in [0.29, 0.717) is 30.5 Å². The van der Waals surface area contributed by atoms with Crippen LogP contribution in [0.5, 0.6) is 0 Å². The molecule has 5 N–H and O–H groups in total. The first kappa shape index (κ1) is 76.7. The Bertz CT molecular complexity index is 3870. The number of fused-ring (bicyclic) bond motifs is 8. The van der Waals surface area contributed by atoms with Gasteiger partial charge in [-0.25, -0.2) is 39.3 Å². The van der Waals surface area contributed by atoms with E-state index in [1.807, 2.05) is 49.6 Å². The summed E-state index contributed by atoms with van der Waals surface area (Å²) < 4.78 is 16.5. The third kappa shape index (κ3) is 21.8. The van der Waals surface area contributed by atoms with Crippen LogP contribution in [0.1, 0.15) is 141 Å². The van der Waals surface area contributed by atoms with E-state index in [9.17, 15) is 24.3 Å². The second-order valence-electron chi connectivity index (χ2n) is 25.1. The summed E-state index contributed by atoms with van der Waals surface area (Å²) in [4.78, 5) is 86.4. The number of β-amino-alcohol motifs (C(OH)–C–C–N with tert-alkyl or cyclic N) is 1. The summed E-state index contributed by atoms with van der Waals surface area (Å²) in [6.45, 7) is 23.8. The van der Waals surface area contributed by atoms with Gasteiger partial charge in [0, 0.05) is 118 Å². The molecule has 501 valence electrons. The van der Waals surface area contributed by atoms with Gasteiger partial charge in [-0.2, -0.15) is 15.5 Å². The first-order valence-electron chi connectivity index (χ1n) is 31.5. The van der Waals surface area contributed by atoms with Crippen molar-refractivity contribution in [3.05, 3.63) is 96.1 Å². The SMILES string of the molecule is CC(=O)OOC(C)=O.CC(C)(C)[Si](C)(C)OCC=O.CC1CCC(n2c3cnccc3c3cnc(Nc4cc5c(cn4)CCN(CCO)C5)nc32)CC1.CC1CCC(n2c3cnccc3c3cnc(Nc4cc5c(cn4)CCNC5)nc32)CC1.N=NN=NCl.[B-]OC(C)=O.[Na+]. The maximum atomic E-state index is 10.1. The molecule has 12 rings (SSSR count). The van der Waals surface area contributed by atoms with E-state index in [0.717, 1.165) is 121 Å². The van der Waals surface area contributed by atoms with Gasteiger partial charge in [-0.05, 0) is 158 Å². The molecule has 27 nitrogen and oxygen atoms in total. The van der Waals surface area contributed by atoms with Gasteiger partial charge in [-0.15, -0.1) is 0 Å². The quantitative estimate of drug-likeness (QED) is 0.0250. The summed E-state index contributed by atoms with van der Waals surface area (Å²) in [6.07, 6.45) is 27.9. The minimum atomic E-state index is -1.66. The van der Waals surface area contributed by atoms with Gasteiger partial charge in [0.05, 0.1) is 48.4 Å². The Morgan fingerprint density at radius 2 is 1.22 bits per heavy atom. The topological polar surface area (TPSA) is 339 Å². The van der Waals surface area contributed by atoms with Crippen molar-refractivity contribution in [1.82, 2.24) is 59.2 Å². The monoisotopic (exact) mass is 1350 g/mol. The van der Waals surface area contributed by atoms with Crippen LogP contribution in [0.2, 0.25) is 18.1 Å². The summed E-state index contributed by atoms with van der Waals surface area (Å²) in [5.74, 6) is 2.54. The number of hydrogen-bond acceptors (Lipinski definition) is 23. The molecule has 4 aliphatic rings. The fourth-order valence-electron chi connectivity index (χ4n) is 11.3. The van der Waals surface area contributed by atoms with Crippen LogP contribution in [-0.4, -0.2) is 132 Å². The maximum Gasteiger partial charge on any atom is 1.00 e. The van der Waals surface area contributed by atoms with E-state index >= 15 is 0 Å². The van der Waals surface area contributed by atoms with E-state index < -0.39 is 26.2 Å². The predicted molar refractivity (Wildman–Crippen MR) is 362 cm³/mol. The van der Waals surface area contributed by atoms with Crippen LogP contribution in [0.25, 0.3) is 43.9 Å². The Hall–Kier alpha value is -7.35. The molecule has 31 heteroatoms. The number of aromatic nitrogens is 10. The van der Waals surface area contributed by atoms with Crippen molar-refractivity contribution in [2.24, 2.45) is 26.9 Å². The number of carbonyl (C=O) groups excluding carboxylic acids is 4. The molecule has 0 unspecified atom stereocenters. The number of aldehydes is 1. The number of anilines is 4. The Morgan fingerprint density at radius 3 is 1.64 bits per heavy atom. The van der Waals surface area contributed by atoms with Gasteiger partial charge >= 0.3 is 41.5 Å². The normalized spacial score (nSPS) is 17.5. The molecular weight excluding hydrogens is 1260 g/mol. The van der Waals surface area contributed by atoms with Gasteiger partial charge in [0.2, 0.25) is 17.9 Å². The number of pyridine rings is 4. The molecule has 2 aliphatic heterocycles. The van der Waals surface area contributed by atoms with E-state index in [1.54, 1.807) is 0 Å². The van der Waals surface area contributed by atoms with Crippen LogP contribution in [-0.2, 0) is 64.0 Å². The molecule has 2 fully saturated rings. The number of nitrogens with zero attached hydrogens (tertiary/aromatic N) is 14. The zero-order valence-electron chi connectivity index (χ0n) is 56.3. The second kappa shape index (κ2) is 37.2. The maximum absolute atomic E-state index is 10.1. The van der Waals surface area contributed by atoms with Crippen molar-refractivity contribution >= 4 is 120 Å². The number of halogens is 1. The van der Waals surface area contributed by atoms with Crippen LogP contribution in [0, 0.1) is 17.4 Å². The van der Waals surface area contributed by atoms with Gasteiger partial charge < -0.3 is 52.1 Å². The summed E-state index contributed by atoms with van der Waals surface area (Å²) in [5, 5.41) is 29.2. The summed E-state index contributed by atoms with van der Waals surface area (Å²) in [5.41, 5.74) is 15.3. The molecule has 0 saturated heterocycles. The number of hydrogen-bond donors (Lipinski definition) is 5. The third-order valence-corrected chi connectivity index (χ3v) is 21.8. The zero-order chi connectivity index (χ0) is 68.0. The Balaban J connectivity index is 0.000000213. The van der Waals surface area contributed by atoms with Crippen LogP contribution >= 0.6 is 11.8 Å². The average molecular weight is 1350 g/mol. The van der Waals surface area contributed by atoms with Crippen LogP contribution in [0.15, 0.2) is 88.9 Å². The average Bonchev–Trinajstić information content (AvgIpc) is 1.61. The fraction of sp³-hybridized carbons (Fsp3) is 0.500. The number of carbonyl (C=O) groups is 4. The van der Waals surface area contributed by atoms with Crippen molar-refractivity contribution in [3.8, 4) is 0 Å². The van der Waals surface area contributed by atoms with Gasteiger partial charge in [-0.1, -0.05) is 39.3 Å². The smallest absolute Gasteiger partial charge is 0.793 e. The Labute approximate surface area is 582 Å². The summed E-state index contributed by atoms with van der Waals surface area (Å²) in [6, 6.07) is 9.23. The largest absolute Gasteiger partial charge is 1.00 e. The third-order valence-electron chi connectivity index (χ3n) is 17.3. The first-order chi connectivity index (χ1) is 45.1. The van der Waals surface area contributed by atoms with E-state index in [4.69, 9.17) is 19.9 Å². The minimum Gasteiger partial charge on any atom is -0.793 e. The summed E-state index contributed by atoms with van der Waals surface area (Å²) in [7, 11) is 2.66. The molecule has 95 heavy (non-hydrogen) atoms. The van der Waals surface area contributed by atoms with Crippen molar-refractivity contribution in [1.29, 1.82) is 5.53 Å². The van der Waals surface area contributed by atoms with Gasteiger partial charge in [0.1, 0.15) is 29.2 Å². The molecule has 0 amide bonds. The van der Waals surface area contributed by atoms with Crippen molar-refractivity contribution in [2.45, 2.75) is 163 Å². The predicted octanol–water partition coefficient (Wildman–Crippen LogP) is 9.14. The number of aliphatic hydroxyl groups excluding tert-OH is 1. The van der Waals surface area contributed by atoms with Gasteiger partial charge in [0.15, 0.2) is 8.32 Å². The first-order valence-corrected chi connectivity index (χ1v) is 34.8. The molecule has 3 radical (unpaired) electrons. The minimum absolute atomic E-state index is 0. The van der Waals surface area contributed by atoms with Crippen molar-refractivity contribution < 1.29 is 72.7 Å². The Kier molecular flexibility index (Phi) is 30.1. The van der Waals surface area contributed by atoms with E-state index in [2.05, 4.69) is 181 Å². The molecule has 8 aromatic heterocycles. The molecule has 2 saturated carbocycles. The number of rotatable bonds is 12. The Morgan fingerprint density at radius 1 is 0.737 bits per heavy atom. The fourth-order valence-corrected chi connectivity index (χ4v) is 12.3. The second-order valence-corrected chi connectivity index (χ2v) is 30.0. The number of aliphatic hydroxyl groups is 1. The van der Waals surface area contributed by atoms with Crippen molar-refractivity contribution in [2.75, 3.05) is 43.5 Å². The van der Waals surface area contributed by atoms with Crippen molar-refractivity contribution in [3.63, 3.8) is 0 Å². The number of nitrogens with one attached hydrogen (secondary N) is 4. The molecule has 2 aliphatic carbocycles. The van der Waals surface area contributed by atoms with Crippen LogP contribution < -0.4 is 45.5 Å². The molecule has 0 aromatic carbocycles. The van der Waals surface area contributed by atoms with Crippen LogP contribution in [0.4, 0.5) is 23.5 Å². The summed E-state index contributed by atoms with van der Waals surface area (Å²) >= 11 is 4.55. The van der Waals surface area contributed by atoms with E-state index in [1.165, 1.54) is 85.9 Å². The van der Waals surface area contributed by atoms with Gasteiger partial charge in [0.25, 0.3) is 0 Å². The van der Waals surface area contributed by atoms with Gasteiger partial charge in [-0.3, -0.25) is 19.7 Å². The molecule has 0 spiro atoms. The molecule has 0 atom stereocenters. The molecule has 8 aromatic rings. The molecular formula is C64H86BClN18NaO9Si.